The van der Waals surface area contributed by atoms with Crippen LogP contribution < -0.4 is 29.5 Å². The number of nitrogens with zero attached hydrogens (tertiary/aromatic N) is 7. The van der Waals surface area contributed by atoms with Gasteiger partial charge in [-0.05, 0) is 38.3 Å². The first-order chi connectivity index (χ1) is 23.6. The van der Waals surface area contributed by atoms with E-state index in [-0.39, 0.29) is 40.6 Å². The standard InChI is InChI=1S/C35H50Cl2N8O4/c1-7-10-11-14-44(26-13-12-24(19-25(26)39-29(46)8-2)43-17-15-42(9-3)16-18-43)34-38-21-23-22-45(35(47)41(4)33(23)40-34)32-30(36)27(48-5)20-28(49-6)31(32)37/h8,20-21,24-26H,2,7,9-19,22H2,1,3-6H3,(H,39,46). The van der Waals surface area contributed by atoms with Gasteiger partial charge in [0.2, 0.25) is 11.9 Å². The Labute approximate surface area is 300 Å². The van der Waals surface area contributed by atoms with Gasteiger partial charge < -0.3 is 24.6 Å². The van der Waals surface area contributed by atoms with Gasteiger partial charge in [0.05, 0.1) is 38.5 Å². The number of halogens is 2. The maximum absolute atomic E-state index is 13.9. The van der Waals surface area contributed by atoms with Gasteiger partial charge in [0.1, 0.15) is 27.4 Å². The highest BCUT2D eigenvalue weighted by atomic mass is 35.5. The van der Waals surface area contributed by atoms with E-state index >= 15 is 0 Å². The third-order valence-corrected chi connectivity index (χ3v) is 10.9. The molecular formula is C35H50Cl2N8O4. The molecule has 3 heterocycles. The minimum absolute atomic E-state index is 0.0186. The summed E-state index contributed by atoms with van der Waals surface area (Å²) in [6.07, 6.45) is 8.94. The van der Waals surface area contributed by atoms with Gasteiger partial charge in [0.15, 0.2) is 0 Å². The SMILES string of the molecule is C=CC(=O)NC1CC(N2CCN(CC)CC2)CCC1N(CCCCC)c1ncc2c(n1)N(C)C(=O)N(c1c(Cl)c(OC)cc(OC)c1Cl)C2. The van der Waals surface area contributed by atoms with Crippen molar-refractivity contribution in [2.75, 3.05) is 75.2 Å². The second-order valence-corrected chi connectivity index (χ2v) is 13.7. The molecular weight excluding hydrogens is 667 g/mol. The van der Waals surface area contributed by atoms with Gasteiger partial charge in [-0.15, -0.1) is 0 Å². The first-order valence-electron chi connectivity index (χ1n) is 17.3. The summed E-state index contributed by atoms with van der Waals surface area (Å²) in [6.45, 7) is 14.3. The molecule has 1 aliphatic carbocycles. The fraction of sp³-hybridized carbons (Fsp3) is 0.600. The van der Waals surface area contributed by atoms with Crippen LogP contribution in [0.25, 0.3) is 0 Å². The summed E-state index contributed by atoms with van der Waals surface area (Å²) in [4.78, 5) is 46.9. The Morgan fingerprint density at radius 3 is 2.41 bits per heavy atom. The van der Waals surface area contributed by atoms with Crippen molar-refractivity contribution in [3.63, 3.8) is 0 Å². The summed E-state index contributed by atoms with van der Waals surface area (Å²) in [5, 5.41) is 3.68. The number of urea groups is 1. The van der Waals surface area contributed by atoms with E-state index in [9.17, 15) is 9.59 Å². The number of carbonyl (C=O) groups is 2. The molecule has 2 aromatic rings. The van der Waals surface area contributed by atoms with E-state index in [0.717, 1.165) is 83.4 Å². The number of fused-ring (bicyclic) bond motifs is 1. The third kappa shape index (κ3) is 7.87. The average molecular weight is 718 g/mol. The van der Waals surface area contributed by atoms with E-state index in [2.05, 4.69) is 40.4 Å². The molecule has 1 saturated carbocycles. The van der Waals surface area contributed by atoms with Crippen molar-refractivity contribution in [2.45, 2.75) is 77.0 Å². The van der Waals surface area contributed by atoms with Crippen molar-refractivity contribution in [1.82, 2.24) is 25.1 Å². The van der Waals surface area contributed by atoms with Crippen molar-refractivity contribution in [1.29, 1.82) is 0 Å². The normalized spacial score (nSPS) is 21.7. The highest BCUT2D eigenvalue weighted by Crippen LogP contribution is 2.48. The summed E-state index contributed by atoms with van der Waals surface area (Å²) >= 11 is 13.4. The number of methoxy groups -OCH3 is 2. The molecule has 1 N–H and O–H groups in total. The minimum atomic E-state index is -0.353. The smallest absolute Gasteiger partial charge is 0.330 e. The molecule has 1 aromatic carbocycles. The van der Waals surface area contributed by atoms with Crippen molar-refractivity contribution >= 4 is 52.6 Å². The molecule has 2 fully saturated rings. The fourth-order valence-electron chi connectivity index (χ4n) is 7.35. The number of likely N-dealkylation sites (N-methyl/N-ethyl adjacent to an activating group) is 1. The average Bonchev–Trinajstić information content (AvgIpc) is 3.12. The molecule has 0 bridgehead atoms. The Morgan fingerprint density at radius 2 is 1.80 bits per heavy atom. The zero-order valence-electron chi connectivity index (χ0n) is 29.4. The molecule has 0 spiro atoms. The Balaban J connectivity index is 1.45. The van der Waals surface area contributed by atoms with Crippen LogP contribution in [0.3, 0.4) is 0 Å². The predicted molar refractivity (Wildman–Crippen MR) is 196 cm³/mol. The van der Waals surface area contributed by atoms with Gasteiger partial charge in [-0.25, -0.2) is 9.78 Å². The van der Waals surface area contributed by atoms with Gasteiger partial charge in [-0.2, -0.15) is 4.98 Å². The van der Waals surface area contributed by atoms with Crippen LogP contribution in [0.15, 0.2) is 24.9 Å². The Hall–Kier alpha value is -3.32. The maximum atomic E-state index is 13.9. The molecule has 3 aliphatic rings. The molecule has 2 aliphatic heterocycles. The monoisotopic (exact) mass is 716 g/mol. The van der Waals surface area contributed by atoms with Gasteiger partial charge in [-0.1, -0.05) is 56.5 Å². The Morgan fingerprint density at radius 1 is 1.10 bits per heavy atom. The van der Waals surface area contributed by atoms with Crippen LogP contribution in [0.1, 0.15) is 57.9 Å². The topological polar surface area (TPSA) is 107 Å². The van der Waals surface area contributed by atoms with Crippen molar-refractivity contribution in [3.05, 3.63) is 40.5 Å². The van der Waals surface area contributed by atoms with Crippen molar-refractivity contribution < 1.29 is 19.1 Å². The highest BCUT2D eigenvalue weighted by Gasteiger charge is 2.40. The molecule has 49 heavy (non-hydrogen) atoms. The lowest BCUT2D eigenvalue weighted by atomic mass is 9.84. The Kier molecular flexibility index (Phi) is 12.5. The summed E-state index contributed by atoms with van der Waals surface area (Å²) in [7, 11) is 4.67. The molecule has 5 rings (SSSR count). The van der Waals surface area contributed by atoms with E-state index in [0.29, 0.717) is 35.0 Å². The number of amides is 3. The zero-order valence-corrected chi connectivity index (χ0v) is 30.9. The number of carbonyl (C=O) groups excluding carboxylic acids is 2. The van der Waals surface area contributed by atoms with Crippen LogP contribution in [0.2, 0.25) is 10.0 Å². The third-order valence-electron chi connectivity index (χ3n) is 10.1. The number of unbranched alkanes of at least 4 members (excludes halogenated alkanes) is 2. The molecule has 14 heteroatoms. The summed E-state index contributed by atoms with van der Waals surface area (Å²) in [6, 6.07) is 1.49. The van der Waals surface area contributed by atoms with Crippen LogP contribution >= 0.6 is 23.2 Å². The number of anilines is 3. The van der Waals surface area contributed by atoms with Crippen molar-refractivity contribution in [2.24, 2.45) is 0 Å². The fourth-order valence-corrected chi connectivity index (χ4v) is 8.05. The van der Waals surface area contributed by atoms with Crippen LogP contribution in [0.5, 0.6) is 11.5 Å². The van der Waals surface area contributed by atoms with E-state index in [1.54, 1.807) is 19.3 Å². The lowest BCUT2D eigenvalue weighted by molar-refractivity contribution is -0.117. The Bertz CT molecular complexity index is 1480. The van der Waals surface area contributed by atoms with Gasteiger partial charge >= 0.3 is 6.03 Å². The lowest BCUT2D eigenvalue weighted by Gasteiger charge is -2.47. The molecule has 268 valence electrons. The molecule has 3 unspecified atom stereocenters. The second-order valence-electron chi connectivity index (χ2n) is 12.9. The number of hydrogen-bond acceptors (Lipinski definition) is 9. The number of rotatable bonds is 13. The zero-order chi connectivity index (χ0) is 35.2. The quantitative estimate of drug-likeness (QED) is 0.209. The number of hydrogen-bond donors (Lipinski definition) is 1. The molecule has 1 aromatic heterocycles. The van der Waals surface area contributed by atoms with Gasteiger partial charge in [-0.3, -0.25) is 19.5 Å². The van der Waals surface area contributed by atoms with Gasteiger partial charge in [0.25, 0.3) is 0 Å². The number of ether oxygens (including phenoxy) is 2. The van der Waals surface area contributed by atoms with Crippen LogP contribution in [0.4, 0.5) is 22.2 Å². The highest BCUT2D eigenvalue weighted by molar-refractivity contribution is 6.42. The van der Waals surface area contributed by atoms with Gasteiger partial charge in [0, 0.05) is 63.6 Å². The maximum Gasteiger partial charge on any atom is 0.330 e. The van der Waals surface area contributed by atoms with Crippen LogP contribution in [-0.2, 0) is 11.3 Å². The van der Waals surface area contributed by atoms with Crippen LogP contribution in [-0.4, -0.2) is 110 Å². The molecule has 3 atom stereocenters. The van der Waals surface area contributed by atoms with E-state index in [1.165, 1.54) is 30.1 Å². The largest absolute Gasteiger partial charge is 0.495 e. The van der Waals surface area contributed by atoms with E-state index in [1.807, 2.05) is 0 Å². The second kappa shape index (κ2) is 16.6. The van der Waals surface area contributed by atoms with Crippen LogP contribution in [0, 0.1) is 0 Å². The predicted octanol–water partition coefficient (Wildman–Crippen LogP) is 5.60. The summed E-state index contributed by atoms with van der Waals surface area (Å²) in [5.41, 5.74) is 1.03. The van der Waals surface area contributed by atoms with Crippen molar-refractivity contribution in [3.8, 4) is 11.5 Å². The molecule has 3 amide bonds. The lowest BCUT2D eigenvalue weighted by Crippen LogP contribution is -2.60. The van der Waals surface area contributed by atoms with E-state index < -0.39 is 0 Å². The molecule has 1 saturated heterocycles. The number of piperazine rings is 1. The molecule has 0 radical (unpaired) electrons. The number of aromatic nitrogens is 2. The van der Waals surface area contributed by atoms with E-state index in [4.69, 9.17) is 42.6 Å². The number of nitrogens with one attached hydrogen (secondary N) is 1. The number of benzene rings is 1. The first kappa shape index (κ1) is 36.9. The first-order valence-corrected chi connectivity index (χ1v) is 18.1. The summed E-state index contributed by atoms with van der Waals surface area (Å²) < 4.78 is 10.9. The minimum Gasteiger partial charge on any atom is -0.495 e. The molecule has 12 nitrogen and oxygen atoms in total. The summed E-state index contributed by atoms with van der Waals surface area (Å²) in [5.74, 6) is 1.56.